The van der Waals surface area contributed by atoms with Gasteiger partial charge < -0.3 is 0 Å². The van der Waals surface area contributed by atoms with Crippen LogP contribution in [-0.4, -0.2) is 4.98 Å². The molecule has 0 radical (unpaired) electrons. The largest absolute Gasteiger partial charge is 0.271 e. The van der Waals surface area contributed by atoms with Crippen molar-refractivity contribution in [3.8, 4) is 0 Å². The average Bonchev–Trinajstić information content (AvgIpc) is 2.85. The maximum atomic E-state index is 6.05. The maximum Gasteiger partial charge on any atom is 0.0944 e. The first-order chi connectivity index (χ1) is 7.31. The van der Waals surface area contributed by atoms with Gasteiger partial charge in [0, 0.05) is 22.9 Å². The zero-order chi connectivity index (χ0) is 10.7. The molecule has 0 aliphatic heterocycles. The molecule has 1 atom stereocenters. The normalized spacial score (nSPS) is 12.9. The molecule has 0 bridgehead atoms. The van der Waals surface area contributed by atoms with Gasteiger partial charge in [0.1, 0.15) is 0 Å². The summed E-state index contributed by atoms with van der Waals surface area (Å²) >= 11 is 9.28. The quantitative estimate of drug-likeness (QED) is 0.656. The summed E-state index contributed by atoms with van der Waals surface area (Å²) in [5, 5.41) is 5.74. The van der Waals surface area contributed by atoms with Crippen molar-refractivity contribution >= 4 is 34.3 Å². The molecule has 1 unspecified atom stereocenters. The third kappa shape index (κ3) is 2.56. The Hall–Kier alpha value is -0.460. The molecule has 3 N–H and O–H groups in total. The third-order valence-electron chi connectivity index (χ3n) is 2.02. The lowest BCUT2D eigenvalue weighted by molar-refractivity contribution is 0.559. The second kappa shape index (κ2) is 5.05. The minimum atomic E-state index is 0.0450. The molecule has 0 saturated carbocycles. The van der Waals surface area contributed by atoms with Crippen LogP contribution in [0.2, 0.25) is 5.02 Å². The summed E-state index contributed by atoms with van der Waals surface area (Å²) in [5.74, 6) is 5.52. The van der Waals surface area contributed by atoms with E-state index >= 15 is 0 Å². The number of hydrogen-bond acceptors (Lipinski definition) is 5. The van der Waals surface area contributed by atoms with E-state index in [4.69, 9.17) is 17.4 Å². The number of thiophene rings is 1. The summed E-state index contributed by atoms with van der Waals surface area (Å²) in [6, 6.07) is 1.93. The Balaban J connectivity index is 2.15. The van der Waals surface area contributed by atoms with Gasteiger partial charge in [-0.25, -0.2) is 4.98 Å². The number of thiazole rings is 1. The molecule has 0 aliphatic carbocycles. The van der Waals surface area contributed by atoms with Gasteiger partial charge in [-0.1, -0.05) is 11.6 Å². The molecular formula is C9H10ClN3S2. The average molecular weight is 260 g/mol. The summed E-state index contributed by atoms with van der Waals surface area (Å²) in [6.45, 7) is 0. The molecule has 0 aromatic carbocycles. The van der Waals surface area contributed by atoms with E-state index in [-0.39, 0.29) is 6.04 Å². The number of halogens is 1. The molecule has 2 rings (SSSR count). The summed E-state index contributed by atoms with van der Waals surface area (Å²) < 4.78 is 0. The van der Waals surface area contributed by atoms with E-state index in [1.165, 1.54) is 0 Å². The van der Waals surface area contributed by atoms with E-state index < -0.39 is 0 Å². The van der Waals surface area contributed by atoms with Gasteiger partial charge in [0.2, 0.25) is 0 Å². The molecular weight excluding hydrogens is 250 g/mol. The summed E-state index contributed by atoms with van der Waals surface area (Å²) in [7, 11) is 0. The van der Waals surface area contributed by atoms with Crippen molar-refractivity contribution in [2.24, 2.45) is 5.84 Å². The first kappa shape index (κ1) is 11.0. The molecule has 0 amide bonds. The zero-order valence-electron chi connectivity index (χ0n) is 7.81. The fraction of sp³-hybridized carbons (Fsp3) is 0.222. The third-order valence-corrected chi connectivity index (χ3v) is 4.30. The van der Waals surface area contributed by atoms with Crippen molar-refractivity contribution in [1.82, 2.24) is 10.4 Å². The lowest BCUT2D eigenvalue weighted by Crippen LogP contribution is -2.29. The van der Waals surface area contributed by atoms with Crippen LogP contribution in [0.4, 0.5) is 0 Å². The van der Waals surface area contributed by atoms with E-state index in [0.717, 1.165) is 21.3 Å². The number of nitrogens with two attached hydrogens (primary N) is 1. The minimum Gasteiger partial charge on any atom is -0.271 e. The Morgan fingerprint density at radius 3 is 2.87 bits per heavy atom. The molecule has 0 aliphatic rings. The van der Waals surface area contributed by atoms with Crippen LogP contribution in [0.1, 0.15) is 15.9 Å². The SMILES string of the molecule is NNC(Cc1nccs1)c1sccc1Cl. The molecule has 2 heterocycles. The standard InChI is InChI=1S/C9H10ClN3S2/c10-6-1-3-15-9(6)7(13-11)5-8-12-2-4-14-8/h1-4,7,13H,5,11H2. The first-order valence-electron chi connectivity index (χ1n) is 4.38. The molecule has 6 heteroatoms. The first-order valence-corrected chi connectivity index (χ1v) is 6.52. The number of hydrogen-bond donors (Lipinski definition) is 2. The molecule has 2 aromatic rings. The predicted octanol–water partition coefficient (Wildman–Crippen LogP) is 2.61. The Labute approximate surface area is 101 Å². The van der Waals surface area contributed by atoms with Crippen LogP contribution < -0.4 is 11.3 Å². The number of hydrazine groups is 1. The van der Waals surface area contributed by atoms with Crippen LogP contribution in [0.5, 0.6) is 0 Å². The van der Waals surface area contributed by atoms with Crippen LogP contribution in [0.3, 0.4) is 0 Å². The maximum absolute atomic E-state index is 6.05. The Morgan fingerprint density at radius 2 is 2.33 bits per heavy atom. The van der Waals surface area contributed by atoms with Gasteiger partial charge >= 0.3 is 0 Å². The Morgan fingerprint density at radius 1 is 1.47 bits per heavy atom. The van der Waals surface area contributed by atoms with E-state index in [2.05, 4.69) is 10.4 Å². The molecule has 0 fully saturated rings. The lowest BCUT2D eigenvalue weighted by Gasteiger charge is -2.12. The highest BCUT2D eigenvalue weighted by Crippen LogP contribution is 2.30. The molecule has 80 valence electrons. The van der Waals surface area contributed by atoms with Crippen molar-refractivity contribution in [2.45, 2.75) is 12.5 Å². The van der Waals surface area contributed by atoms with Gasteiger partial charge in [-0.15, -0.1) is 22.7 Å². The lowest BCUT2D eigenvalue weighted by atomic mass is 10.2. The van der Waals surface area contributed by atoms with E-state index in [0.29, 0.717) is 0 Å². The number of rotatable bonds is 4. The van der Waals surface area contributed by atoms with Crippen LogP contribution in [0.25, 0.3) is 0 Å². The van der Waals surface area contributed by atoms with E-state index in [1.807, 2.05) is 16.8 Å². The minimum absolute atomic E-state index is 0.0450. The highest BCUT2D eigenvalue weighted by Gasteiger charge is 2.16. The van der Waals surface area contributed by atoms with Crippen LogP contribution in [0, 0.1) is 0 Å². The van der Waals surface area contributed by atoms with Gasteiger partial charge in [0.05, 0.1) is 16.1 Å². The molecule has 0 spiro atoms. The summed E-state index contributed by atoms with van der Waals surface area (Å²) in [5.41, 5.74) is 2.78. The van der Waals surface area contributed by atoms with Crippen LogP contribution >= 0.6 is 34.3 Å². The van der Waals surface area contributed by atoms with Crippen LogP contribution in [0.15, 0.2) is 23.0 Å². The molecule has 0 saturated heterocycles. The van der Waals surface area contributed by atoms with Gasteiger partial charge in [-0.2, -0.15) is 0 Å². The summed E-state index contributed by atoms with van der Waals surface area (Å²) in [6.07, 6.45) is 2.57. The second-order valence-corrected chi connectivity index (χ2v) is 5.32. The molecule has 15 heavy (non-hydrogen) atoms. The van der Waals surface area contributed by atoms with E-state index in [1.54, 1.807) is 28.9 Å². The zero-order valence-corrected chi connectivity index (χ0v) is 10.2. The second-order valence-electron chi connectivity index (χ2n) is 2.98. The van der Waals surface area contributed by atoms with Crippen molar-refractivity contribution < 1.29 is 0 Å². The van der Waals surface area contributed by atoms with E-state index in [9.17, 15) is 0 Å². The smallest absolute Gasteiger partial charge is 0.0944 e. The number of nitrogens with one attached hydrogen (secondary N) is 1. The fourth-order valence-electron chi connectivity index (χ4n) is 1.31. The highest BCUT2D eigenvalue weighted by molar-refractivity contribution is 7.10. The van der Waals surface area contributed by atoms with Crippen LogP contribution in [-0.2, 0) is 6.42 Å². The van der Waals surface area contributed by atoms with Gasteiger partial charge in [-0.3, -0.25) is 11.3 Å². The predicted molar refractivity (Wildman–Crippen MR) is 65.2 cm³/mol. The summed E-state index contributed by atoms with van der Waals surface area (Å²) in [4.78, 5) is 5.29. The van der Waals surface area contributed by atoms with Crippen molar-refractivity contribution in [3.05, 3.63) is 37.9 Å². The highest BCUT2D eigenvalue weighted by atomic mass is 35.5. The Kier molecular flexibility index (Phi) is 3.71. The molecule has 2 aromatic heterocycles. The van der Waals surface area contributed by atoms with Crippen molar-refractivity contribution in [3.63, 3.8) is 0 Å². The van der Waals surface area contributed by atoms with Crippen molar-refractivity contribution in [1.29, 1.82) is 0 Å². The topological polar surface area (TPSA) is 50.9 Å². The van der Waals surface area contributed by atoms with Gasteiger partial charge in [0.25, 0.3) is 0 Å². The Bertz CT molecular complexity index is 413. The number of aromatic nitrogens is 1. The number of nitrogens with zero attached hydrogens (tertiary/aromatic N) is 1. The monoisotopic (exact) mass is 259 g/mol. The van der Waals surface area contributed by atoms with Crippen molar-refractivity contribution in [2.75, 3.05) is 0 Å². The molecule has 3 nitrogen and oxygen atoms in total. The van der Waals surface area contributed by atoms with Gasteiger partial charge in [0.15, 0.2) is 0 Å². The van der Waals surface area contributed by atoms with Gasteiger partial charge in [-0.05, 0) is 11.4 Å². The fourth-order valence-corrected chi connectivity index (χ4v) is 3.22.